The number of nitrogen functional groups attached to an aromatic ring is 1. The van der Waals surface area contributed by atoms with E-state index in [4.69, 9.17) is 5.73 Å². The lowest BCUT2D eigenvalue weighted by Gasteiger charge is -2.23. The minimum absolute atomic E-state index is 0.0225. The molecule has 1 aromatic carbocycles. The molecule has 5 nitrogen and oxygen atoms in total. The minimum Gasteiger partial charge on any atom is -0.393 e. The summed E-state index contributed by atoms with van der Waals surface area (Å²) in [5.74, 6) is 0. The fourth-order valence-electron chi connectivity index (χ4n) is 2.42. The fourth-order valence-corrected chi connectivity index (χ4v) is 2.42. The number of nitro groups is 1. The number of rotatable bonds is 2. The van der Waals surface area contributed by atoms with Gasteiger partial charge in [-0.15, -0.1) is 0 Å². The van der Waals surface area contributed by atoms with Crippen molar-refractivity contribution >= 4 is 17.1 Å². The third-order valence-electron chi connectivity index (χ3n) is 3.52. The van der Waals surface area contributed by atoms with Crippen molar-refractivity contribution in [2.45, 2.75) is 32.6 Å². The van der Waals surface area contributed by atoms with Gasteiger partial charge in [0.1, 0.15) is 5.69 Å². The fraction of sp³-hybridized carbons (Fsp3) is 0.538. The third kappa shape index (κ3) is 2.55. The summed E-state index contributed by atoms with van der Waals surface area (Å²) in [6.45, 7) is 3.77. The van der Waals surface area contributed by atoms with Crippen LogP contribution >= 0.6 is 0 Å². The third-order valence-corrected chi connectivity index (χ3v) is 3.52. The van der Waals surface area contributed by atoms with E-state index >= 15 is 0 Å². The van der Waals surface area contributed by atoms with Crippen molar-refractivity contribution in [3.8, 4) is 0 Å². The Bertz CT molecular complexity index is 452. The molecule has 2 N–H and O–H groups in total. The van der Waals surface area contributed by atoms with Gasteiger partial charge in [-0.25, -0.2) is 0 Å². The molecule has 1 saturated heterocycles. The van der Waals surface area contributed by atoms with Crippen LogP contribution in [0, 0.1) is 17.0 Å². The number of nitro benzene ring substituents is 1. The summed E-state index contributed by atoms with van der Waals surface area (Å²) in [4.78, 5) is 12.8. The van der Waals surface area contributed by atoms with E-state index in [0.29, 0.717) is 0 Å². The van der Waals surface area contributed by atoms with Crippen LogP contribution in [-0.4, -0.2) is 18.0 Å². The summed E-state index contributed by atoms with van der Waals surface area (Å²) in [6.07, 6.45) is 4.79. The van der Waals surface area contributed by atoms with Crippen LogP contribution in [-0.2, 0) is 0 Å². The summed E-state index contributed by atoms with van der Waals surface area (Å²) in [5, 5.41) is 11.0. The van der Waals surface area contributed by atoms with E-state index < -0.39 is 4.92 Å². The predicted octanol–water partition coefficient (Wildman–Crippen LogP) is 2.87. The first-order valence-corrected chi connectivity index (χ1v) is 6.39. The lowest BCUT2D eigenvalue weighted by atomic mass is 10.1. The van der Waals surface area contributed by atoms with Crippen LogP contribution in [0.1, 0.15) is 31.2 Å². The zero-order valence-corrected chi connectivity index (χ0v) is 10.7. The molecule has 0 bridgehead atoms. The number of hydrogen-bond donors (Lipinski definition) is 1. The number of nitrogens with two attached hydrogens (primary N) is 1. The second-order valence-corrected chi connectivity index (χ2v) is 4.85. The van der Waals surface area contributed by atoms with Crippen LogP contribution < -0.4 is 10.6 Å². The monoisotopic (exact) mass is 249 g/mol. The second-order valence-electron chi connectivity index (χ2n) is 4.85. The Labute approximate surface area is 107 Å². The maximum atomic E-state index is 11.0. The van der Waals surface area contributed by atoms with Crippen molar-refractivity contribution in [2.75, 3.05) is 23.7 Å². The highest BCUT2D eigenvalue weighted by Crippen LogP contribution is 2.31. The van der Waals surface area contributed by atoms with Gasteiger partial charge < -0.3 is 10.6 Å². The molecule has 0 amide bonds. The van der Waals surface area contributed by atoms with E-state index in [1.165, 1.54) is 12.8 Å². The van der Waals surface area contributed by atoms with E-state index in [0.717, 1.165) is 37.2 Å². The number of benzene rings is 1. The molecule has 0 radical (unpaired) electrons. The summed E-state index contributed by atoms with van der Waals surface area (Å²) in [5.41, 5.74) is 7.76. The second kappa shape index (κ2) is 5.25. The lowest BCUT2D eigenvalue weighted by Crippen LogP contribution is -2.24. The van der Waals surface area contributed by atoms with Gasteiger partial charge in [0.25, 0.3) is 5.69 Å². The van der Waals surface area contributed by atoms with Crippen LogP contribution in [0.5, 0.6) is 0 Å². The Morgan fingerprint density at radius 3 is 2.39 bits per heavy atom. The molecule has 0 saturated carbocycles. The average Bonchev–Trinajstić information content (AvgIpc) is 2.60. The van der Waals surface area contributed by atoms with Crippen LogP contribution in [0.15, 0.2) is 12.1 Å². The number of nitrogens with zero attached hydrogens (tertiary/aromatic N) is 2. The standard InChI is InChI=1S/C13H19N3O2/c1-10-8-11(9-12(13(10)14)16(17)18)15-6-4-2-3-5-7-15/h8-9H,2-7,14H2,1H3. The van der Waals surface area contributed by atoms with Gasteiger partial charge in [0.2, 0.25) is 0 Å². The van der Waals surface area contributed by atoms with Gasteiger partial charge in [-0.2, -0.15) is 0 Å². The summed E-state index contributed by atoms with van der Waals surface area (Å²) < 4.78 is 0. The number of hydrogen-bond acceptors (Lipinski definition) is 4. The van der Waals surface area contributed by atoms with Crippen LogP contribution in [0.25, 0.3) is 0 Å². The topological polar surface area (TPSA) is 72.4 Å². The van der Waals surface area contributed by atoms with E-state index in [1.807, 2.05) is 13.0 Å². The molecule has 18 heavy (non-hydrogen) atoms. The van der Waals surface area contributed by atoms with Gasteiger partial charge in [0.15, 0.2) is 0 Å². The van der Waals surface area contributed by atoms with Gasteiger partial charge in [0, 0.05) is 24.8 Å². The van der Waals surface area contributed by atoms with Crippen molar-refractivity contribution < 1.29 is 4.92 Å². The zero-order valence-electron chi connectivity index (χ0n) is 10.7. The van der Waals surface area contributed by atoms with Crippen molar-refractivity contribution in [1.82, 2.24) is 0 Å². The van der Waals surface area contributed by atoms with Crippen molar-refractivity contribution in [1.29, 1.82) is 0 Å². The van der Waals surface area contributed by atoms with Crippen LogP contribution in [0.2, 0.25) is 0 Å². The smallest absolute Gasteiger partial charge is 0.294 e. The van der Waals surface area contributed by atoms with E-state index in [-0.39, 0.29) is 11.4 Å². The van der Waals surface area contributed by atoms with E-state index in [2.05, 4.69) is 4.90 Å². The zero-order chi connectivity index (χ0) is 13.1. The average molecular weight is 249 g/mol. The summed E-state index contributed by atoms with van der Waals surface area (Å²) in [7, 11) is 0. The largest absolute Gasteiger partial charge is 0.393 e. The molecule has 1 aromatic rings. The highest BCUT2D eigenvalue weighted by atomic mass is 16.6. The molecule has 5 heteroatoms. The van der Waals surface area contributed by atoms with Crippen LogP contribution in [0.3, 0.4) is 0 Å². The van der Waals surface area contributed by atoms with Gasteiger partial charge >= 0.3 is 0 Å². The normalized spacial score (nSPS) is 16.4. The Hall–Kier alpha value is -1.78. The maximum Gasteiger partial charge on any atom is 0.294 e. The molecule has 0 aliphatic carbocycles. The van der Waals surface area contributed by atoms with E-state index in [9.17, 15) is 10.1 Å². The first-order chi connectivity index (χ1) is 8.59. The molecule has 1 heterocycles. The molecule has 0 atom stereocenters. The van der Waals surface area contributed by atoms with Crippen molar-refractivity contribution in [3.63, 3.8) is 0 Å². The van der Waals surface area contributed by atoms with Gasteiger partial charge in [0.05, 0.1) is 4.92 Å². The summed E-state index contributed by atoms with van der Waals surface area (Å²) in [6, 6.07) is 3.56. The number of anilines is 2. The van der Waals surface area contributed by atoms with Gasteiger partial charge in [-0.1, -0.05) is 12.8 Å². The molecule has 0 spiro atoms. The summed E-state index contributed by atoms with van der Waals surface area (Å²) >= 11 is 0. The molecule has 1 aliphatic heterocycles. The Morgan fingerprint density at radius 1 is 1.22 bits per heavy atom. The molecule has 0 unspecified atom stereocenters. The van der Waals surface area contributed by atoms with Gasteiger partial charge in [-0.3, -0.25) is 10.1 Å². The molecule has 2 rings (SSSR count). The highest BCUT2D eigenvalue weighted by Gasteiger charge is 2.18. The first kappa shape index (κ1) is 12.7. The first-order valence-electron chi connectivity index (χ1n) is 6.39. The van der Waals surface area contributed by atoms with Gasteiger partial charge in [-0.05, 0) is 31.4 Å². The Kier molecular flexibility index (Phi) is 3.69. The molecular weight excluding hydrogens is 230 g/mol. The minimum atomic E-state index is -0.399. The highest BCUT2D eigenvalue weighted by molar-refractivity contribution is 5.70. The Balaban J connectivity index is 2.35. The SMILES string of the molecule is Cc1cc(N2CCCCCC2)cc([N+](=O)[O-])c1N. The molecule has 0 aromatic heterocycles. The van der Waals surface area contributed by atoms with E-state index in [1.54, 1.807) is 6.07 Å². The molecule has 1 fully saturated rings. The lowest BCUT2D eigenvalue weighted by molar-refractivity contribution is -0.383. The van der Waals surface area contributed by atoms with Crippen LogP contribution in [0.4, 0.5) is 17.1 Å². The molecule has 98 valence electrons. The van der Waals surface area contributed by atoms with Crippen molar-refractivity contribution in [2.24, 2.45) is 0 Å². The quantitative estimate of drug-likeness (QED) is 0.497. The van der Waals surface area contributed by atoms with Crippen molar-refractivity contribution in [3.05, 3.63) is 27.8 Å². The number of aryl methyl sites for hydroxylation is 1. The Morgan fingerprint density at radius 2 is 1.83 bits per heavy atom. The maximum absolute atomic E-state index is 11.0. The molecular formula is C13H19N3O2. The molecule has 1 aliphatic rings. The predicted molar refractivity (Wildman–Crippen MR) is 72.9 cm³/mol.